The standard InChI is InChI=1S/C23H27ClFN3O5/c1-3-18(21(26)5-4-10-32-17-12-31-13-17)23(30)27-9-8-15(2)28-22(29)14-33-16-6-7-19(24)20(25)11-16/h3-4,6-7,10-11,17H,1-2,5,8-9,12-14,26H2,(H,27,30)(H,28,29)/b10-4+,21-18+. The summed E-state index contributed by atoms with van der Waals surface area (Å²) in [5, 5.41) is 5.21. The summed E-state index contributed by atoms with van der Waals surface area (Å²) in [6.45, 7) is 8.39. The van der Waals surface area contributed by atoms with Gasteiger partial charge in [-0.3, -0.25) is 9.59 Å². The van der Waals surface area contributed by atoms with Crippen molar-refractivity contribution in [3.8, 4) is 5.75 Å². The van der Waals surface area contributed by atoms with Gasteiger partial charge in [-0.1, -0.05) is 30.8 Å². The van der Waals surface area contributed by atoms with E-state index in [4.69, 9.17) is 31.5 Å². The predicted octanol–water partition coefficient (Wildman–Crippen LogP) is 2.71. The zero-order valence-corrected chi connectivity index (χ0v) is 18.8. The number of hydrogen-bond donors (Lipinski definition) is 3. The van der Waals surface area contributed by atoms with E-state index >= 15 is 0 Å². The molecule has 0 aromatic heterocycles. The van der Waals surface area contributed by atoms with Crippen molar-refractivity contribution in [1.82, 2.24) is 10.6 Å². The molecule has 8 nitrogen and oxygen atoms in total. The average molecular weight is 480 g/mol. The second kappa shape index (κ2) is 13.3. The lowest BCUT2D eigenvalue weighted by Crippen LogP contribution is -2.34. The Morgan fingerprint density at radius 3 is 2.76 bits per heavy atom. The molecule has 0 atom stereocenters. The van der Waals surface area contributed by atoms with E-state index in [1.807, 2.05) is 0 Å². The fourth-order valence-electron chi connectivity index (χ4n) is 2.55. The van der Waals surface area contributed by atoms with Crippen molar-refractivity contribution in [2.45, 2.75) is 18.9 Å². The lowest BCUT2D eigenvalue weighted by atomic mass is 10.1. The molecule has 1 aliphatic rings. The molecule has 0 aliphatic carbocycles. The Labute approximate surface area is 196 Å². The molecular weight excluding hydrogens is 453 g/mol. The van der Waals surface area contributed by atoms with Gasteiger partial charge in [0, 0.05) is 36.8 Å². The minimum absolute atomic E-state index is 0.0385. The van der Waals surface area contributed by atoms with Gasteiger partial charge in [0.05, 0.1) is 30.1 Å². The molecule has 2 amide bonds. The largest absolute Gasteiger partial charge is 0.494 e. The number of allylic oxidation sites excluding steroid dienone is 1. The molecular formula is C23H27ClFN3O5. The van der Waals surface area contributed by atoms with Crippen LogP contribution in [0.3, 0.4) is 0 Å². The lowest BCUT2D eigenvalue weighted by molar-refractivity contribution is -0.122. The van der Waals surface area contributed by atoms with Gasteiger partial charge in [-0.15, -0.1) is 0 Å². The van der Waals surface area contributed by atoms with Gasteiger partial charge in [0.25, 0.3) is 11.8 Å². The van der Waals surface area contributed by atoms with E-state index in [2.05, 4.69) is 23.8 Å². The first kappa shape index (κ1) is 26.0. The van der Waals surface area contributed by atoms with Gasteiger partial charge in [0.15, 0.2) is 6.61 Å². The number of carbonyl (C=O) groups excluding carboxylic acids is 2. The molecule has 1 aromatic carbocycles. The second-order valence-electron chi connectivity index (χ2n) is 7.04. The highest BCUT2D eigenvalue weighted by molar-refractivity contribution is 6.30. The highest BCUT2D eigenvalue weighted by Gasteiger charge is 2.17. The third-order valence-corrected chi connectivity index (χ3v) is 4.70. The molecule has 0 spiro atoms. The SMILES string of the molecule is C=C/C(C(=O)NCCC(=C)NC(=O)COc1ccc(Cl)c(F)c1)=C(\N)C/C=C/OC1COC1. The number of nitrogens with one attached hydrogen (secondary N) is 2. The molecule has 4 N–H and O–H groups in total. The van der Waals surface area contributed by atoms with Gasteiger partial charge in [0.1, 0.15) is 17.7 Å². The van der Waals surface area contributed by atoms with Gasteiger partial charge >= 0.3 is 0 Å². The van der Waals surface area contributed by atoms with Crippen LogP contribution in [0.4, 0.5) is 4.39 Å². The number of ether oxygens (including phenoxy) is 3. The van der Waals surface area contributed by atoms with Crippen LogP contribution < -0.4 is 21.1 Å². The van der Waals surface area contributed by atoms with Crippen LogP contribution in [0.2, 0.25) is 5.02 Å². The highest BCUT2D eigenvalue weighted by atomic mass is 35.5. The monoisotopic (exact) mass is 479 g/mol. The fourth-order valence-corrected chi connectivity index (χ4v) is 2.66. The van der Waals surface area contributed by atoms with Crippen molar-refractivity contribution in [3.05, 3.63) is 77.6 Å². The first-order chi connectivity index (χ1) is 15.8. The van der Waals surface area contributed by atoms with Crippen molar-refractivity contribution in [2.24, 2.45) is 5.73 Å². The minimum atomic E-state index is -0.642. The van der Waals surface area contributed by atoms with E-state index in [-0.39, 0.29) is 42.0 Å². The third kappa shape index (κ3) is 8.99. The summed E-state index contributed by atoms with van der Waals surface area (Å²) in [5.74, 6) is -1.34. The number of benzene rings is 1. The summed E-state index contributed by atoms with van der Waals surface area (Å²) in [7, 11) is 0. The molecule has 1 fully saturated rings. The molecule has 178 valence electrons. The Morgan fingerprint density at radius 2 is 2.12 bits per heavy atom. The van der Waals surface area contributed by atoms with Crippen molar-refractivity contribution >= 4 is 23.4 Å². The van der Waals surface area contributed by atoms with Crippen molar-refractivity contribution in [2.75, 3.05) is 26.4 Å². The smallest absolute Gasteiger partial charge is 0.262 e. The van der Waals surface area contributed by atoms with E-state index in [1.165, 1.54) is 18.2 Å². The summed E-state index contributed by atoms with van der Waals surface area (Å²) in [6.07, 6.45) is 5.30. The van der Waals surface area contributed by atoms with Crippen molar-refractivity contribution in [3.63, 3.8) is 0 Å². The molecule has 1 heterocycles. The lowest BCUT2D eigenvalue weighted by Gasteiger charge is -2.24. The first-order valence-corrected chi connectivity index (χ1v) is 10.5. The third-order valence-electron chi connectivity index (χ3n) is 4.40. The van der Waals surface area contributed by atoms with Crippen LogP contribution in [0, 0.1) is 5.82 Å². The quantitative estimate of drug-likeness (QED) is 0.228. The van der Waals surface area contributed by atoms with Crippen LogP contribution in [0.5, 0.6) is 5.75 Å². The highest BCUT2D eigenvalue weighted by Crippen LogP contribution is 2.20. The molecule has 1 aromatic rings. The van der Waals surface area contributed by atoms with Crippen LogP contribution in [-0.4, -0.2) is 44.3 Å². The summed E-state index contributed by atoms with van der Waals surface area (Å²) in [6, 6.07) is 3.87. The fraction of sp³-hybridized carbons (Fsp3) is 0.304. The van der Waals surface area contributed by atoms with Gasteiger partial charge in [0.2, 0.25) is 0 Å². The predicted molar refractivity (Wildman–Crippen MR) is 123 cm³/mol. The molecule has 2 rings (SSSR count). The van der Waals surface area contributed by atoms with Crippen LogP contribution in [0.25, 0.3) is 0 Å². The normalized spacial score (nSPS) is 14.1. The summed E-state index contributed by atoms with van der Waals surface area (Å²) in [5.41, 5.74) is 6.96. The number of hydrogen-bond acceptors (Lipinski definition) is 6. The van der Waals surface area contributed by atoms with E-state index in [1.54, 1.807) is 12.3 Å². The second-order valence-corrected chi connectivity index (χ2v) is 7.44. The summed E-state index contributed by atoms with van der Waals surface area (Å²) >= 11 is 5.60. The molecule has 33 heavy (non-hydrogen) atoms. The maximum atomic E-state index is 13.4. The molecule has 10 heteroatoms. The van der Waals surface area contributed by atoms with Crippen LogP contribution in [-0.2, 0) is 19.1 Å². The van der Waals surface area contributed by atoms with Gasteiger partial charge in [-0.2, -0.15) is 0 Å². The Bertz CT molecular complexity index is 944. The first-order valence-electron chi connectivity index (χ1n) is 10.1. The van der Waals surface area contributed by atoms with Crippen molar-refractivity contribution < 1.29 is 28.2 Å². The van der Waals surface area contributed by atoms with Gasteiger partial charge < -0.3 is 30.6 Å². The zero-order chi connectivity index (χ0) is 24.2. The van der Waals surface area contributed by atoms with Crippen LogP contribution >= 0.6 is 11.6 Å². The average Bonchev–Trinajstić information content (AvgIpc) is 2.73. The van der Waals surface area contributed by atoms with Gasteiger partial charge in [-0.25, -0.2) is 4.39 Å². The molecule has 1 aliphatic heterocycles. The van der Waals surface area contributed by atoms with Crippen molar-refractivity contribution in [1.29, 1.82) is 0 Å². The molecule has 0 bridgehead atoms. The van der Waals surface area contributed by atoms with E-state index in [0.717, 1.165) is 6.07 Å². The van der Waals surface area contributed by atoms with E-state index in [9.17, 15) is 14.0 Å². The summed E-state index contributed by atoms with van der Waals surface area (Å²) in [4.78, 5) is 24.3. The maximum absolute atomic E-state index is 13.4. The topological polar surface area (TPSA) is 112 Å². The Hall–Kier alpha value is -3.30. The zero-order valence-electron chi connectivity index (χ0n) is 18.1. The Balaban J connectivity index is 1.69. The van der Waals surface area contributed by atoms with Crippen LogP contribution in [0.1, 0.15) is 12.8 Å². The summed E-state index contributed by atoms with van der Waals surface area (Å²) < 4.78 is 29.0. The molecule has 0 saturated carbocycles. The number of amides is 2. The van der Waals surface area contributed by atoms with E-state index in [0.29, 0.717) is 31.0 Å². The van der Waals surface area contributed by atoms with E-state index < -0.39 is 17.6 Å². The molecule has 1 saturated heterocycles. The Morgan fingerprint density at radius 1 is 1.36 bits per heavy atom. The number of carbonyl (C=O) groups is 2. The number of rotatable bonds is 13. The number of halogens is 2. The molecule has 0 radical (unpaired) electrons. The maximum Gasteiger partial charge on any atom is 0.262 e. The Kier molecular flexibility index (Phi) is 10.5. The van der Waals surface area contributed by atoms with Gasteiger partial charge in [-0.05, 0) is 18.2 Å². The molecule has 0 unspecified atom stereocenters. The van der Waals surface area contributed by atoms with Crippen LogP contribution in [0.15, 0.2) is 66.7 Å². The minimum Gasteiger partial charge on any atom is -0.494 e. The number of nitrogens with two attached hydrogens (primary N) is 1.